The number of aliphatic imine (C=N–C) groups is 1. The molecule has 1 fully saturated rings. The van der Waals surface area contributed by atoms with Gasteiger partial charge in [-0.2, -0.15) is 0 Å². The van der Waals surface area contributed by atoms with Crippen LogP contribution in [0.25, 0.3) is 5.65 Å². The number of hydrogen-bond acceptors (Lipinski definition) is 4. The van der Waals surface area contributed by atoms with Crippen LogP contribution in [0.15, 0.2) is 29.4 Å². The molecule has 0 atom stereocenters. The first-order valence-corrected chi connectivity index (χ1v) is 8.86. The quantitative estimate of drug-likeness (QED) is 0.360. The summed E-state index contributed by atoms with van der Waals surface area (Å²) in [6.07, 6.45) is 4.67. The summed E-state index contributed by atoms with van der Waals surface area (Å²) in [5.41, 5.74) is 0.851. The molecule has 3 rings (SSSR count). The van der Waals surface area contributed by atoms with Crippen molar-refractivity contribution in [3.8, 4) is 0 Å². The second-order valence-electron chi connectivity index (χ2n) is 6.03. The number of rotatable bonds is 8. The van der Waals surface area contributed by atoms with Crippen molar-refractivity contribution in [2.45, 2.75) is 39.3 Å². The summed E-state index contributed by atoms with van der Waals surface area (Å²) in [4.78, 5) is 7.17. The second kappa shape index (κ2) is 9.91. The van der Waals surface area contributed by atoms with Crippen molar-refractivity contribution in [2.75, 3.05) is 26.2 Å². The van der Waals surface area contributed by atoms with Gasteiger partial charge in [0.05, 0.1) is 0 Å². The number of guanidine groups is 1. The van der Waals surface area contributed by atoms with Crippen LogP contribution in [0.3, 0.4) is 0 Å². The number of fused-ring (bicyclic) bond motifs is 1. The number of aromatic nitrogens is 3. The van der Waals surface area contributed by atoms with Crippen LogP contribution in [-0.2, 0) is 6.54 Å². The Morgan fingerprint density at radius 1 is 1.28 bits per heavy atom. The van der Waals surface area contributed by atoms with E-state index in [1.165, 1.54) is 12.8 Å². The summed E-state index contributed by atoms with van der Waals surface area (Å²) in [5, 5.41) is 15.1. The zero-order valence-corrected chi connectivity index (χ0v) is 17.3. The van der Waals surface area contributed by atoms with Crippen LogP contribution in [0.1, 0.15) is 32.5 Å². The average Bonchev–Trinajstić information content (AvgIpc) is 3.36. The van der Waals surface area contributed by atoms with Crippen LogP contribution in [0.2, 0.25) is 0 Å². The summed E-state index contributed by atoms with van der Waals surface area (Å²) in [5.74, 6) is 1.67. The van der Waals surface area contributed by atoms with Gasteiger partial charge in [0.1, 0.15) is 6.54 Å². The van der Waals surface area contributed by atoms with Crippen molar-refractivity contribution < 1.29 is 0 Å². The molecule has 0 aromatic carbocycles. The van der Waals surface area contributed by atoms with Crippen molar-refractivity contribution in [2.24, 2.45) is 4.99 Å². The van der Waals surface area contributed by atoms with Crippen molar-refractivity contribution >= 4 is 35.6 Å². The largest absolute Gasteiger partial charge is 0.357 e. The van der Waals surface area contributed by atoms with Crippen molar-refractivity contribution in [1.29, 1.82) is 0 Å². The summed E-state index contributed by atoms with van der Waals surface area (Å²) in [7, 11) is 0. The highest BCUT2D eigenvalue weighted by atomic mass is 127. The van der Waals surface area contributed by atoms with Gasteiger partial charge in [0.2, 0.25) is 0 Å². The minimum Gasteiger partial charge on any atom is -0.357 e. The molecule has 0 amide bonds. The topological polar surface area (TPSA) is 69.8 Å². The molecule has 138 valence electrons. The lowest BCUT2D eigenvalue weighted by Gasteiger charge is -2.20. The highest BCUT2D eigenvalue weighted by Gasteiger charge is 2.27. The molecule has 8 heteroatoms. The zero-order valence-electron chi connectivity index (χ0n) is 15.0. The van der Waals surface area contributed by atoms with E-state index < -0.39 is 0 Å². The number of likely N-dealkylation sites (N-methyl/N-ethyl adjacent to an activating group) is 1. The van der Waals surface area contributed by atoms with Crippen LogP contribution in [-0.4, -0.2) is 57.7 Å². The fourth-order valence-electron chi connectivity index (χ4n) is 2.85. The number of nitrogens with one attached hydrogen (secondary N) is 2. The lowest BCUT2D eigenvalue weighted by molar-refractivity contribution is 0.282. The van der Waals surface area contributed by atoms with Crippen molar-refractivity contribution in [1.82, 2.24) is 30.1 Å². The first-order chi connectivity index (χ1) is 11.8. The number of halogens is 1. The Hall–Kier alpha value is -1.42. The van der Waals surface area contributed by atoms with Gasteiger partial charge >= 0.3 is 0 Å². The standard InChI is InChI=1S/C17H27N7.HI/c1-3-18-17(19-10-12-23(4-2)14-8-9-14)20-13-16-22-21-15-7-5-6-11-24(15)16;/h5-7,11,14H,3-4,8-10,12-13H2,1-2H3,(H2,18,19,20);1H. The van der Waals surface area contributed by atoms with E-state index in [2.05, 4.69) is 44.6 Å². The van der Waals surface area contributed by atoms with Crippen LogP contribution >= 0.6 is 24.0 Å². The van der Waals surface area contributed by atoms with Crippen LogP contribution in [0, 0.1) is 0 Å². The second-order valence-corrected chi connectivity index (χ2v) is 6.03. The molecule has 1 aliphatic carbocycles. The minimum atomic E-state index is 0. The third-order valence-corrected chi connectivity index (χ3v) is 4.27. The molecule has 0 unspecified atom stereocenters. The van der Waals surface area contributed by atoms with Crippen molar-refractivity contribution in [3.05, 3.63) is 30.2 Å². The summed E-state index contributed by atoms with van der Waals surface area (Å²) < 4.78 is 1.97. The van der Waals surface area contributed by atoms with Gasteiger partial charge in [-0.3, -0.25) is 9.30 Å². The SMILES string of the molecule is CCNC(=NCc1nnc2ccccn12)NCCN(CC)C1CC1.I. The smallest absolute Gasteiger partial charge is 0.191 e. The van der Waals surface area contributed by atoms with Gasteiger partial charge in [0.25, 0.3) is 0 Å². The van der Waals surface area contributed by atoms with Gasteiger partial charge in [0, 0.05) is 31.9 Å². The lowest BCUT2D eigenvalue weighted by atomic mass is 10.4. The molecule has 0 aliphatic heterocycles. The van der Waals surface area contributed by atoms with Gasteiger partial charge in [-0.05, 0) is 38.4 Å². The molecule has 2 heterocycles. The molecule has 1 saturated carbocycles. The Labute approximate surface area is 166 Å². The Morgan fingerprint density at radius 3 is 2.84 bits per heavy atom. The van der Waals surface area contributed by atoms with Crippen LogP contribution < -0.4 is 10.6 Å². The highest BCUT2D eigenvalue weighted by Crippen LogP contribution is 2.25. The molecular formula is C17H28IN7. The number of hydrogen-bond donors (Lipinski definition) is 2. The fraction of sp³-hybridized carbons (Fsp3) is 0.588. The summed E-state index contributed by atoms with van der Waals surface area (Å²) in [6.45, 7) is 8.72. The molecule has 0 saturated heterocycles. The van der Waals surface area contributed by atoms with Crippen molar-refractivity contribution in [3.63, 3.8) is 0 Å². The third-order valence-electron chi connectivity index (χ3n) is 4.27. The Bertz CT molecular complexity index is 680. The van der Waals surface area contributed by atoms with E-state index >= 15 is 0 Å². The van der Waals surface area contributed by atoms with E-state index in [0.717, 1.165) is 49.7 Å². The van der Waals surface area contributed by atoms with Gasteiger partial charge in [0.15, 0.2) is 17.4 Å². The molecule has 0 radical (unpaired) electrons. The predicted molar refractivity (Wildman–Crippen MR) is 111 cm³/mol. The summed E-state index contributed by atoms with van der Waals surface area (Å²) in [6, 6.07) is 6.69. The van der Waals surface area contributed by atoms with E-state index in [-0.39, 0.29) is 24.0 Å². The number of nitrogens with zero attached hydrogens (tertiary/aromatic N) is 5. The molecule has 1 aliphatic rings. The molecule has 25 heavy (non-hydrogen) atoms. The zero-order chi connectivity index (χ0) is 16.8. The van der Waals surface area contributed by atoms with Gasteiger partial charge in [-0.1, -0.05) is 13.0 Å². The first kappa shape index (κ1) is 19.9. The minimum absolute atomic E-state index is 0. The maximum Gasteiger partial charge on any atom is 0.191 e. The Kier molecular flexibility index (Phi) is 7.89. The molecule has 2 aromatic heterocycles. The first-order valence-electron chi connectivity index (χ1n) is 8.86. The molecule has 0 spiro atoms. The molecule has 2 N–H and O–H groups in total. The Balaban J connectivity index is 0.00000225. The van der Waals surface area contributed by atoms with Crippen LogP contribution in [0.4, 0.5) is 0 Å². The average molecular weight is 457 g/mol. The maximum atomic E-state index is 4.64. The summed E-state index contributed by atoms with van der Waals surface area (Å²) >= 11 is 0. The molecular weight excluding hydrogens is 429 g/mol. The number of pyridine rings is 1. The van der Waals surface area contributed by atoms with E-state index in [1.54, 1.807) is 0 Å². The fourth-order valence-corrected chi connectivity index (χ4v) is 2.85. The lowest BCUT2D eigenvalue weighted by Crippen LogP contribution is -2.42. The predicted octanol–water partition coefficient (Wildman–Crippen LogP) is 1.89. The maximum absolute atomic E-state index is 4.64. The van der Waals surface area contributed by atoms with Gasteiger partial charge in [-0.15, -0.1) is 34.2 Å². The van der Waals surface area contributed by atoms with E-state index in [9.17, 15) is 0 Å². The molecule has 7 nitrogen and oxygen atoms in total. The van der Waals surface area contributed by atoms with Gasteiger partial charge in [-0.25, -0.2) is 4.99 Å². The van der Waals surface area contributed by atoms with Crippen LogP contribution in [0.5, 0.6) is 0 Å². The monoisotopic (exact) mass is 457 g/mol. The highest BCUT2D eigenvalue weighted by molar-refractivity contribution is 14.0. The Morgan fingerprint density at radius 2 is 2.12 bits per heavy atom. The third kappa shape index (κ3) is 5.53. The normalized spacial score (nSPS) is 14.6. The molecule has 2 aromatic rings. The van der Waals surface area contributed by atoms with E-state index in [1.807, 2.05) is 28.8 Å². The van der Waals surface area contributed by atoms with Gasteiger partial charge < -0.3 is 10.6 Å². The van der Waals surface area contributed by atoms with E-state index in [0.29, 0.717) is 6.54 Å². The molecule has 0 bridgehead atoms. The van der Waals surface area contributed by atoms with E-state index in [4.69, 9.17) is 0 Å².